The number of hydrogen-bond acceptors (Lipinski definition) is 7. The van der Waals surface area contributed by atoms with Gasteiger partial charge in [0, 0.05) is 12.4 Å². The number of amides is 1. The van der Waals surface area contributed by atoms with E-state index in [-0.39, 0.29) is 24.0 Å². The second-order valence-corrected chi connectivity index (χ2v) is 7.84. The number of fused-ring (bicyclic) bond motifs is 1. The van der Waals surface area contributed by atoms with E-state index < -0.39 is 12.0 Å². The van der Waals surface area contributed by atoms with Crippen molar-refractivity contribution in [1.82, 2.24) is 4.90 Å². The standard InChI is InChI=1S/C19H22N2O5S/c1-24-12-6-4-11(5-7-12)9-26-19(23)16-13(14-3-2-8-25-14)10-27-18-15(20)17(22)21(16)18/h4-7,14-15,18H,2-3,8-10,20H2,1H3/t14-,15+,18+/m0/s1. The van der Waals surface area contributed by atoms with E-state index in [1.807, 2.05) is 24.3 Å². The highest BCUT2D eigenvalue weighted by Gasteiger charge is 2.53. The Balaban J connectivity index is 1.54. The fraction of sp³-hybridized carbons (Fsp3) is 0.474. The van der Waals surface area contributed by atoms with Crippen LogP contribution in [0.5, 0.6) is 5.75 Å². The molecule has 1 aromatic carbocycles. The van der Waals surface area contributed by atoms with Crippen molar-refractivity contribution in [2.45, 2.75) is 37.0 Å². The van der Waals surface area contributed by atoms with Crippen LogP contribution < -0.4 is 10.5 Å². The van der Waals surface area contributed by atoms with E-state index in [0.717, 1.165) is 29.7 Å². The zero-order valence-corrected chi connectivity index (χ0v) is 15.9. The molecule has 3 atom stereocenters. The van der Waals surface area contributed by atoms with Gasteiger partial charge in [0.15, 0.2) is 0 Å². The molecule has 0 aliphatic carbocycles. The van der Waals surface area contributed by atoms with Crippen molar-refractivity contribution in [3.05, 3.63) is 41.1 Å². The minimum Gasteiger partial charge on any atom is -0.497 e. The first kappa shape index (κ1) is 18.3. The Morgan fingerprint density at radius 1 is 1.37 bits per heavy atom. The lowest BCUT2D eigenvalue weighted by Gasteiger charge is -2.48. The molecule has 0 spiro atoms. The molecule has 0 bridgehead atoms. The van der Waals surface area contributed by atoms with Crippen LogP contribution in [0.25, 0.3) is 0 Å². The van der Waals surface area contributed by atoms with Crippen LogP contribution >= 0.6 is 11.8 Å². The van der Waals surface area contributed by atoms with Crippen LogP contribution in [0, 0.1) is 0 Å². The topological polar surface area (TPSA) is 91.1 Å². The number of carbonyl (C=O) groups is 2. The maximum atomic E-state index is 12.9. The van der Waals surface area contributed by atoms with Crippen molar-refractivity contribution in [2.75, 3.05) is 19.5 Å². The summed E-state index contributed by atoms with van der Waals surface area (Å²) < 4.78 is 16.4. The van der Waals surface area contributed by atoms with Gasteiger partial charge in [-0.2, -0.15) is 0 Å². The summed E-state index contributed by atoms with van der Waals surface area (Å²) in [6, 6.07) is 6.74. The predicted molar refractivity (Wildman–Crippen MR) is 99.9 cm³/mol. The smallest absolute Gasteiger partial charge is 0.355 e. The number of thioether (sulfide) groups is 1. The lowest BCUT2D eigenvalue weighted by atomic mass is 10.00. The number of carbonyl (C=O) groups excluding carboxylic acids is 2. The predicted octanol–water partition coefficient (Wildman–Crippen LogP) is 1.41. The van der Waals surface area contributed by atoms with Gasteiger partial charge in [-0.3, -0.25) is 9.69 Å². The van der Waals surface area contributed by atoms with Gasteiger partial charge in [0.1, 0.15) is 29.5 Å². The molecule has 2 fully saturated rings. The Bertz CT molecular complexity index is 773. The summed E-state index contributed by atoms with van der Waals surface area (Å²) in [6.07, 6.45) is 1.67. The van der Waals surface area contributed by atoms with Crippen molar-refractivity contribution < 1.29 is 23.8 Å². The van der Waals surface area contributed by atoms with Crippen molar-refractivity contribution in [2.24, 2.45) is 5.73 Å². The Kier molecular flexibility index (Phi) is 5.12. The van der Waals surface area contributed by atoms with Crippen LogP contribution in [0.2, 0.25) is 0 Å². The third-order valence-corrected chi connectivity index (χ3v) is 6.40. The number of methoxy groups -OCH3 is 1. The largest absolute Gasteiger partial charge is 0.497 e. The lowest BCUT2D eigenvalue weighted by Crippen LogP contribution is -2.68. The molecule has 1 aromatic rings. The molecule has 3 heterocycles. The first-order chi connectivity index (χ1) is 13.1. The number of β-lactam (4-membered cyclic amide) rings is 1. The molecule has 0 aromatic heterocycles. The summed E-state index contributed by atoms with van der Waals surface area (Å²) in [4.78, 5) is 26.7. The van der Waals surface area contributed by atoms with Crippen molar-refractivity contribution >= 4 is 23.6 Å². The molecule has 3 aliphatic heterocycles. The molecule has 27 heavy (non-hydrogen) atoms. The van der Waals surface area contributed by atoms with Crippen LogP contribution in [0.15, 0.2) is 35.5 Å². The molecule has 1 amide bonds. The summed E-state index contributed by atoms with van der Waals surface area (Å²) in [5.74, 6) is 0.626. The van der Waals surface area contributed by atoms with Gasteiger partial charge in [0.2, 0.25) is 5.91 Å². The van der Waals surface area contributed by atoms with E-state index in [4.69, 9.17) is 19.9 Å². The van der Waals surface area contributed by atoms with Crippen LogP contribution in [-0.4, -0.2) is 53.8 Å². The number of nitrogens with zero attached hydrogens (tertiary/aromatic N) is 1. The van der Waals surface area contributed by atoms with E-state index in [0.29, 0.717) is 18.1 Å². The second kappa shape index (κ2) is 7.53. The lowest BCUT2D eigenvalue weighted by molar-refractivity contribution is -0.151. The Morgan fingerprint density at radius 2 is 2.15 bits per heavy atom. The van der Waals surface area contributed by atoms with Crippen LogP contribution in [0.3, 0.4) is 0 Å². The molecule has 0 radical (unpaired) electrons. The molecule has 4 rings (SSSR count). The summed E-state index contributed by atoms with van der Waals surface area (Å²) in [5.41, 5.74) is 7.91. The SMILES string of the molecule is COc1ccc(COC(=O)C2=C([C@@H]3CCCO3)CS[C@@H]3[C@H](N)C(=O)N23)cc1. The van der Waals surface area contributed by atoms with Crippen LogP contribution in [0.4, 0.5) is 0 Å². The highest BCUT2D eigenvalue weighted by atomic mass is 32.2. The van der Waals surface area contributed by atoms with E-state index in [1.54, 1.807) is 18.9 Å². The monoisotopic (exact) mass is 390 g/mol. The highest BCUT2D eigenvalue weighted by Crippen LogP contribution is 2.42. The fourth-order valence-electron chi connectivity index (χ4n) is 3.57. The third-order valence-electron chi connectivity index (χ3n) is 5.08. The summed E-state index contributed by atoms with van der Waals surface area (Å²) in [7, 11) is 1.60. The van der Waals surface area contributed by atoms with Crippen LogP contribution in [-0.2, 0) is 25.7 Å². The molecular formula is C19H22N2O5S. The summed E-state index contributed by atoms with van der Waals surface area (Å²) in [5, 5.41) is -0.203. The maximum absolute atomic E-state index is 12.9. The number of hydrogen-bond donors (Lipinski definition) is 1. The number of esters is 1. The first-order valence-electron chi connectivity index (χ1n) is 8.95. The molecule has 2 N–H and O–H groups in total. The van der Waals surface area contributed by atoms with Gasteiger partial charge in [0.25, 0.3) is 0 Å². The van der Waals surface area contributed by atoms with Crippen molar-refractivity contribution in [3.63, 3.8) is 0 Å². The molecular weight excluding hydrogens is 368 g/mol. The average Bonchev–Trinajstić information content (AvgIpc) is 3.25. The van der Waals surface area contributed by atoms with E-state index in [1.165, 1.54) is 4.90 Å². The van der Waals surface area contributed by atoms with Crippen molar-refractivity contribution in [1.29, 1.82) is 0 Å². The highest BCUT2D eigenvalue weighted by molar-refractivity contribution is 8.00. The number of rotatable bonds is 5. The van der Waals surface area contributed by atoms with Gasteiger partial charge >= 0.3 is 5.97 Å². The van der Waals surface area contributed by atoms with Gasteiger partial charge in [-0.05, 0) is 36.1 Å². The van der Waals surface area contributed by atoms with Crippen LogP contribution in [0.1, 0.15) is 18.4 Å². The van der Waals surface area contributed by atoms with Gasteiger partial charge in [-0.1, -0.05) is 12.1 Å². The fourth-order valence-corrected chi connectivity index (χ4v) is 4.92. The summed E-state index contributed by atoms with van der Waals surface area (Å²) >= 11 is 1.58. The molecule has 144 valence electrons. The Hall–Kier alpha value is -2.03. The minimum absolute atomic E-state index is 0.122. The Labute approximate surface area is 161 Å². The summed E-state index contributed by atoms with van der Waals surface area (Å²) in [6.45, 7) is 0.793. The molecule has 0 saturated carbocycles. The number of benzene rings is 1. The third kappa shape index (κ3) is 3.33. The first-order valence-corrected chi connectivity index (χ1v) is 10.00. The van der Waals surface area contributed by atoms with Gasteiger partial charge in [-0.15, -0.1) is 11.8 Å². The quantitative estimate of drug-likeness (QED) is 0.600. The number of nitrogens with two attached hydrogens (primary N) is 1. The minimum atomic E-state index is -0.564. The van der Waals surface area contributed by atoms with Gasteiger partial charge in [-0.25, -0.2) is 4.79 Å². The second-order valence-electron chi connectivity index (χ2n) is 6.74. The molecule has 0 unspecified atom stereocenters. The maximum Gasteiger partial charge on any atom is 0.355 e. The zero-order chi connectivity index (χ0) is 19.0. The van der Waals surface area contributed by atoms with E-state index >= 15 is 0 Å². The van der Waals surface area contributed by atoms with E-state index in [9.17, 15) is 9.59 Å². The molecule has 3 aliphatic rings. The average molecular weight is 390 g/mol. The normalized spacial score (nSPS) is 27.3. The van der Waals surface area contributed by atoms with Crippen molar-refractivity contribution in [3.8, 4) is 5.75 Å². The molecule has 8 heteroatoms. The zero-order valence-electron chi connectivity index (χ0n) is 15.1. The molecule has 7 nitrogen and oxygen atoms in total. The van der Waals surface area contributed by atoms with E-state index in [2.05, 4.69) is 0 Å². The van der Waals surface area contributed by atoms with Gasteiger partial charge in [0.05, 0.1) is 13.2 Å². The molecule has 2 saturated heterocycles. The number of ether oxygens (including phenoxy) is 3. The van der Waals surface area contributed by atoms with Gasteiger partial charge < -0.3 is 19.9 Å². The Morgan fingerprint density at radius 3 is 2.81 bits per heavy atom.